The van der Waals surface area contributed by atoms with Gasteiger partial charge in [0.25, 0.3) is 5.91 Å². The van der Waals surface area contributed by atoms with Crippen LogP contribution in [0.4, 0.5) is 5.69 Å². The van der Waals surface area contributed by atoms with Crippen LogP contribution in [0.3, 0.4) is 0 Å². The lowest BCUT2D eigenvalue weighted by Crippen LogP contribution is -2.39. The number of halogens is 1. The second-order valence-corrected chi connectivity index (χ2v) is 6.43. The smallest absolute Gasteiger partial charge is 0.262 e. The summed E-state index contributed by atoms with van der Waals surface area (Å²) in [5.74, 6) is 0.601. The highest BCUT2D eigenvalue weighted by molar-refractivity contribution is 6.21. The second kappa shape index (κ2) is 6.24. The minimum atomic E-state index is -0.115. The van der Waals surface area contributed by atoms with Gasteiger partial charge in [-0.1, -0.05) is 12.5 Å². The highest BCUT2D eigenvalue weighted by atomic mass is 35.5. The standard InChI is InChI=1S/C16H21ClN2O2/c1-11-4-2-3-7-19(11)9-13(17)12-5-6-15-14(8-12)18-16(20)10-21-15/h5-6,8,11,13H,2-4,7,9-10H2,1H3,(H,18,20). The third-order valence-electron chi connectivity index (χ3n) is 4.33. The molecule has 2 aliphatic heterocycles. The number of carbonyl (C=O) groups excluding carboxylic acids is 1. The predicted molar refractivity (Wildman–Crippen MR) is 84.0 cm³/mol. The van der Waals surface area contributed by atoms with E-state index >= 15 is 0 Å². The van der Waals surface area contributed by atoms with Crippen molar-refractivity contribution in [2.24, 2.45) is 0 Å². The zero-order valence-corrected chi connectivity index (χ0v) is 13.0. The minimum Gasteiger partial charge on any atom is -0.482 e. The van der Waals surface area contributed by atoms with Crippen LogP contribution in [0.2, 0.25) is 0 Å². The van der Waals surface area contributed by atoms with E-state index < -0.39 is 0 Å². The Bertz CT molecular complexity index is 535. The highest BCUT2D eigenvalue weighted by Crippen LogP contribution is 2.33. The number of alkyl halides is 1. The van der Waals surface area contributed by atoms with Gasteiger partial charge in [0.05, 0.1) is 11.1 Å². The Morgan fingerprint density at radius 2 is 2.33 bits per heavy atom. The zero-order chi connectivity index (χ0) is 14.8. The number of fused-ring (bicyclic) bond motifs is 1. The van der Waals surface area contributed by atoms with Gasteiger partial charge in [0, 0.05) is 12.6 Å². The van der Waals surface area contributed by atoms with Gasteiger partial charge in [-0.25, -0.2) is 0 Å². The summed E-state index contributed by atoms with van der Waals surface area (Å²) in [6, 6.07) is 6.40. The van der Waals surface area contributed by atoms with E-state index in [0.717, 1.165) is 24.3 Å². The molecule has 2 heterocycles. The molecule has 0 radical (unpaired) electrons. The molecule has 1 N–H and O–H groups in total. The quantitative estimate of drug-likeness (QED) is 0.872. The Kier molecular flexibility index (Phi) is 4.36. The van der Waals surface area contributed by atoms with E-state index in [4.69, 9.17) is 16.3 Å². The molecule has 0 spiro atoms. The molecule has 1 aromatic rings. The number of likely N-dealkylation sites (tertiary alicyclic amines) is 1. The first-order valence-electron chi connectivity index (χ1n) is 7.58. The van der Waals surface area contributed by atoms with Gasteiger partial charge in [0.15, 0.2) is 6.61 Å². The van der Waals surface area contributed by atoms with Crippen molar-refractivity contribution >= 4 is 23.2 Å². The summed E-state index contributed by atoms with van der Waals surface area (Å²) in [5, 5.41) is 2.76. The summed E-state index contributed by atoms with van der Waals surface area (Å²) in [5.41, 5.74) is 1.75. The molecule has 114 valence electrons. The van der Waals surface area contributed by atoms with E-state index in [-0.39, 0.29) is 17.9 Å². The molecule has 21 heavy (non-hydrogen) atoms. The number of nitrogens with one attached hydrogen (secondary N) is 1. The van der Waals surface area contributed by atoms with E-state index in [1.165, 1.54) is 19.3 Å². The van der Waals surface area contributed by atoms with Gasteiger partial charge in [-0.15, -0.1) is 11.6 Å². The van der Waals surface area contributed by atoms with Gasteiger partial charge < -0.3 is 10.1 Å². The number of hydrogen-bond donors (Lipinski definition) is 1. The van der Waals surface area contributed by atoms with Crippen LogP contribution in [-0.4, -0.2) is 36.5 Å². The summed E-state index contributed by atoms with van der Waals surface area (Å²) in [6.07, 6.45) is 3.81. The SMILES string of the molecule is CC1CCCCN1CC(Cl)c1ccc2c(c1)NC(=O)CO2. The van der Waals surface area contributed by atoms with Crippen molar-refractivity contribution in [3.8, 4) is 5.75 Å². The van der Waals surface area contributed by atoms with Gasteiger partial charge in [-0.3, -0.25) is 9.69 Å². The first-order valence-corrected chi connectivity index (χ1v) is 8.02. The maximum absolute atomic E-state index is 11.4. The Labute approximate surface area is 130 Å². The number of carbonyl (C=O) groups is 1. The maximum atomic E-state index is 11.4. The van der Waals surface area contributed by atoms with Gasteiger partial charge in [0.1, 0.15) is 5.75 Å². The number of ether oxygens (including phenoxy) is 1. The lowest BCUT2D eigenvalue weighted by molar-refractivity contribution is -0.118. The minimum absolute atomic E-state index is 0.0744. The molecular weight excluding hydrogens is 288 g/mol. The molecule has 0 aromatic heterocycles. The number of amides is 1. The second-order valence-electron chi connectivity index (χ2n) is 5.90. The van der Waals surface area contributed by atoms with Crippen molar-refractivity contribution in [3.63, 3.8) is 0 Å². The summed E-state index contributed by atoms with van der Waals surface area (Å²) < 4.78 is 5.37. The third kappa shape index (κ3) is 3.33. The topological polar surface area (TPSA) is 41.6 Å². The van der Waals surface area contributed by atoms with Crippen LogP contribution in [0.15, 0.2) is 18.2 Å². The van der Waals surface area contributed by atoms with Crippen molar-refractivity contribution in [3.05, 3.63) is 23.8 Å². The molecule has 2 atom stereocenters. The summed E-state index contributed by atoms with van der Waals surface area (Å²) >= 11 is 6.59. The number of anilines is 1. The summed E-state index contributed by atoms with van der Waals surface area (Å²) in [7, 11) is 0. The Hall–Kier alpha value is -1.26. The Morgan fingerprint density at radius 3 is 3.14 bits per heavy atom. The molecule has 0 bridgehead atoms. The average molecular weight is 309 g/mol. The predicted octanol–water partition coefficient (Wildman–Crippen LogP) is 3.17. The van der Waals surface area contributed by atoms with E-state index in [2.05, 4.69) is 17.1 Å². The zero-order valence-electron chi connectivity index (χ0n) is 12.3. The van der Waals surface area contributed by atoms with E-state index in [9.17, 15) is 4.79 Å². The molecule has 1 aromatic carbocycles. The number of nitrogens with zero attached hydrogens (tertiary/aromatic N) is 1. The van der Waals surface area contributed by atoms with Crippen molar-refractivity contribution in [1.29, 1.82) is 0 Å². The maximum Gasteiger partial charge on any atom is 0.262 e. The molecular formula is C16H21ClN2O2. The van der Waals surface area contributed by atoms with Crippen molar-refractivity contribution in [1.82, 2.24) is 4.90 Å². The Balaban J connectivity index is 1.71. The number of hydrogen-bond acceptors (Lipinski definition) is 3. The first kappa shape index (κ1) is 14.7. The lowest BCUT2D eigenvalue weighted by Gasteiger charge is -2.34. The van der Waals surface area contributed by atoms with E-state index in [1.54, 1.807) is 0 Å². The summed E-state index contributed by atoms with van der Waals surface area (Å²) in [6.45, 7) is 4.32. The van der Waals surface area contributed by atoms with Crippen LogP contribution in [0.5, 0.6) is 5.75 Å². The molecule has 5 heteroatoms. The largest absolute Gasteiger partial charge is 0.482 e. The molecule has 1 amide bonds. The molecule has 2 unspecified atom stereocenters. The molecule has 1 fully saturated rings. The number of rotatable bonds is 3. The van der Waals surface area contributed by atoms with Gasteiger partial charge in [0.2, 0.25) is 0 Å². The third-order valence-corrected chi connectivity index (χ3v) is 4.72. The fourth-order valence-corrected chi connectivity index (χ4v) is 3.35. The normalized spacial score (nSPS) is 23.9. The van der Waals surface area contributed by atoms with Crippen LogP contribution in [0, 0.1) is 0 Å². The van der Waals surface area contributed by atoms with Crippen molar-refractivity contribution in [2.75, 3.05) is 25.0 Å². The monoisotopic (exact) mass is 308 g/mol. The van der Waals surface area contributed by atoms with E-state index in [1.807, 2.05) is 18.2 Å². The summed E-state index contributed by atoms with van der Waals surface area (Å²) in [4.78, 5) is 13.8. The number of piperidine rings is 1. The molecule has 4 nitrogen and oxygen atoms in total. The van der Waals surface area contributed by atoms with Crippen LogP contribution >= 0.6 is 11.6 Å². The fourth-order valence-electron chi connectivity index (χ4n) is 3.04. The fraction of sp³-hybridized carbons (Fsp3) is 0.562. The Morgan fingerprint density at radius 1 is 1.48 bits per heavy atom. The van der Waals surface area contributed by atoms with Gasteiger partial charge in [-0.2, -0.15) is 0 Å². The first-order chi connectivity index (χ1) is 10.1. The van der Waals surface area contributed by atoms with Crippen LogP contribution in [0.1, 0.15) is 37.1 Å². The van der Waals surface area contributed by atoms with Crippen LogP contribution in [-0.2, 0) is 4.79 Å². The number of benzene rings is 1. The van der Waals surface area contributed by atoms with Crippen molar-refractivity contribution < 1.29 is 9.53 Å². The molecule has 0 saturated carbocycles. The van der Waals surface area contributed by atoms with Crippen LogP contribution in [0.25, 0.3) is 0 Å². The molecule has 1 saturated heterocycles. The van der Waals surface area contributed by atoms with Crippen molar-refractivity contribution in [2.45, 2.75) is 37.6 Å². The lowest BCUT2D eigenvalue weighted by atomic mass is 10.0. The van der Waals surface area contributed by atoms with E-state index in [0.29, 0.717) is 11.8 Å². The molecule has 2 aliphatic rings. The molecule has 0 aliphatic carbocycles. The van der Waals surface area contributed by atoms with Gasteiger partial charge in [-0.05, 0) is 44.0 Å². The van der Waals surface area contributed by atoms with Crippen LogP contribution < -0.4 is 10.1 Å². The average Bonchev–Trinajstić information content (AvgIpc) is 2.48. The highest BCUT2D eigenvalue weighted by Gasteiger charge is 2.23. The molecule has 3 rings (SSSR count). The van der Waals surface area contributed by atoms with Gasteiger partial charge >= 0.3 is 0 Å².